The Morgan fingerprint density at radius 1 is 1.20 bits per heavy atom. The molecule has 0 spiro atoms. The van der Waals surface area contributed by atoms with Gasteiger partial charge in [0.2, 0.25) is 0 Å². The minimum absolute atomic E-state index is 0.748. The third-order valence-corrected chi connectivity index (χ3v) is 2.84. The van der Waals surface area contributed by atoms with Crippen molar-refractivity contribution in [2.75, 3.05) is 0 Å². The second-order valence-corrected chi connectivity index (χ2v) is 4.18. The van der Waals surface area contributed by atoms with Gasteiger partial charge in [-0.3, -0.25) is 4.98 Å². The summed E-state index contributed by atoms with van der Waals surface area (Å²) in [6.45, 7) is 0.898. The summed E-state index contributed by atoms with van der Waals surface area (Å²) in [5.41, 5.74) is 1.14. The molecule has 1 N–H and O–H groups in total. The molecule has 2 heteroatoms. The number of pyridine rings is 1. The molecule has 1 aliphatic rings. The van der Waals surface area contributed by atoms with Gasteiger partial charge in [0, 0.05) is 24.2 Å². The summed E-state index contributed by atoms with van der Waals surface area (Å²) in [7, 11) is 0. The first-order valence-electron chi connectivity index (χ1n) is 5.49. The maximum absolute atomic E-state index is 4.44. The van der Waals surface area contributed by atoms with Crippen molar-refractivity contribution in [3.8, 4) is 0 Å². The predicted molar refractivity (Wildman–Crippen MR) is 61.6 cm³/mol. The second-order valence-electron chi connectivity index (χ2n) is 4.18. The van der Waals surface area contributed by atoms with E-state index in [0.717, 1.165) is 18.3 Å². The van der Waals surface area contributed by atoms with Crippen molar-refractivity contribution in [1.82, 2.24) is 10.3 Å². The number of nitrogens with zero attached hydrogens (tertiary/aromatic N) is 1. The van der Waals surface area contributed by atoms with Crippen LogP contribution in [0.15, 0.2) is 36.5 Å². The Hall–Kier alpha value is -1.41. The highest BCUT2D eigenvalue weighted by molar-refractivity contribution is 5.81. The van der Waals surface area contributed by atoms with Gasteiger partial charge in [-0.2, -0.15) is 0 Å². The number of hydrogen-bond acceptors (Lipinski definition) is 2. The first kappa shape index (κ1) is 8.86. The molecule has 0 unspecified atom stereocenters. The summed E-state index contributed by atoms with van der Waals surface area (Å²) in [6.07, 6.45) is 4.61. The molecule has 15 heavy (non-hydrogen) atoms. The van der Waals surface area contributed by atoms with E-state index in [1.807, 2.05) is 12.3 Å². The SMILES string of the molecule is c1ccc2cc(CNC3CC3)ncc2c1. The van der Waals surface area contributed by atoms with Gasteiger partial charge in [-0.05, 0) is 24.3 Å². The molecule has 2 aromatic rings. The van der Waals surface area contributed by atoms with Crippen molar-refractivity contribution in [3.05, 3.63) is 42.2 Å². The minimum Gasteiger partial charge on any atom is -0.308 e. The Bertz CT molecular complexity index is 475. The van der Waals surface area contributed by atoms with Crippen LogP contribution >= 0.6 is 0 Å². The fourth-order valence-corrected chi connectivity index (χ4v) is 1.76. The van der Waals surface area contributed by atoms with Gasteiger partial charge in [0.05, 0.1) is 5.69 Å². The first-order chi connectivity index (χ1) is 7.42. The number of aromatic nitrogens is 1. The predicted octanol–water partition coefficient (Wildman–Crippen LogP) is 2.49. The zero-order valence-corrected chi connectivity index (χ0v) is 8.61. The molecule has 1 aliphatic carbocycles. The summed E-state index contributed by atoms with van der Waals surface area (Å²) < 4.78 is 0. The molecule has 1 aromatic heterocycles. The van der Waals surface area contributed by atoms with Crippen LogP contribution in [0.4, 0.5) is 0 Å². The molecule has 0 radical (unpaired) electrons. The lowest BCUT2D eigenvalue weighted by atomic mass is 10.1. The lowest BCUT2D eigenvalue weighted by Gasteiger charge is -2.03. The number of rotatable bonds is 3. The van der Waals surface area contributed by atoms with Crippen LogP contribution < -0.4 is 5.32 Å². The third kappa shape index (κ3) is 2.00. The van der Waals surface area contributed by atoms with Crippen LogP contribution in [0.5, 0.6) is 0 Å². The van der Waals surface area contributed by atoms with E-state index in [-0.39, 0.29) is 0 Å². The van der Waals surface area contributed by atoms with Crippen molar-refractivity contribution in [2.45, 2.75) is 25.4 Å². The monoisotopic (exact) mass is 198 g/mol. The average Bonchev–Trinajstić information content (AvgIpc) is 3.10. The fraction of sp³-hybridized carbons (Fsp3) is 0.308. The van der Waals surface area contributed by atoms with E-state index in [0.29, 0.717) is 0 Å². The largest absolute Gasteiger partial charge is 0.308 e. The molecule has 1 saturated carbocycles. The maximum Gasteiger partial charge on any atom is 0.0548 e. The zero-order chi connectivity index (χ0) is 10.1. The van der Waals surface area contributed by atoms with Crippen LogP contribution in [-0.4, -0.2) is 11.0 Å². The fourth-order valence-electron chi connectivity index (χ4n) is 1.76. The molecular weight excluding hydrogens is 184 g/mol. The highest BCUT2D eigenvalue weighted by Gasteiger charge is 2.20. The van der Waals surface area contributed by atoms with Gasteiger partial charge in [-0.1, -0.05) is 24.3 Å². The molecular formula is C13H14N2. The van der Waals surface area contributed by atoms with Gasteiger partial charge in [0.25, 0.3) is 0 Å². The Morgan fingerprint density at radius 3 is 2.80 bits per heavy atom. The smallest absolute Gasteiger partial charge is 0.0548 e. The summed E-state index contributed by atoms with van der Waals surface area (Å²) in [6, 6.07) is 11.3. The number of nitrogens with one attached hydrogen (secondary N) is 1. The number of benzene rings is 1. The quantitative estimate of drug-likeness (QED) is 0.819. The van der Waals surface area contributed by atoms with Crippen LogP contribution in [0.25, 0.3) is 10.8 Å². The van der Waals surface area contributed by atoms with E-state index < -0.39 is 0 Å². The van der Waals surface area contributed by atoms with E-state index in [4.69, 9.17) is 0 Å². The van der Waals surface area contributed by atoms with Crippen LogP contribution in [0.1, 0.15) is 18.5 Å². The Labute approximate surface area is 89.3 Å². The van der Waals surface area contributed by atoms with Crippen LogP contribution in [-0.2, 0) is 6.54 Å². The number of fused-ring (bicyclic) bond motifs is 1. The average molecular weight is 198 g/mol. The molecule has 76 valence electrons. The molecule has 1 fully saturated rings. The van der Waals surface area contributed by atoms with E-state index in [9.17, 15) is 0 Å². The van der Waals surface area contributed by atoms with E-state index in [1.54, 1.807) is 0 Å². The molecule has 0 saturated heterocycles. The Morgan fingerprint density at radius 2 is 2.00 bits per heavy atom. The molecule has 0 bridgehead atoms. The lowest BCUT2D eigenvalue weighted by Crippen LogP contribution is -2.15. The van der Waals surface area contributed by atoms with Gasteiger partial charge < -0.3 is 5.32 Å². The highest BCUT2D eigenvalue weighted by atomic mass is 15.0. The molecule has 0 atom stereocenters. The minimum atomic E-state index is 0.748. The number of hydrogen-bond donors (Lipinski definition) is 1. The summed E-state index contributed by atoms with van der Waals surface area (Å²) in [5, 5.41) is 5.97. The molecule has 0 aliphatic heterocycles. The third-order valence-electron chi connectivity index (χ3n) is 2.84. The van der Waals surface area contributed by atoms with E-state index in [2.05, 4.69) is 34.6 Å². The van der Waals surface area contributed by atoms with Gasteiger partial charge in [-0.15, -0.1) is 0 Å². The molecule has 0 amide bonds. The molecule has 1 aromatic carbocycles. The zero-order valence-electron chi connectivity index (χ0n) is 8.61. The standard InChI is InChI=1S/C13H14N2/c1-2-4-11-8-14-13(7-10(11)3-1)9-15-12-5-6-12/h1-4,7-8,12,15H,5-6,9H2. The van der Waals surface area contributed by atoms with E-state index in [1.165, 1.54) is 23.6 Å². The first-order valence-corrected chi connectivity index (χ1v) is 5.49. The van der Waals surface area contributed by atoms with Crippen LogP contribution in [0.2, 0.25) is 0 Å². The topological polar surface area (TPSA) is 24.9 Å². The van der Waals surface area contributed by atoms with Crippen molar-refractivity contribution in [3.63, 3.8) is 0 Å². The summed E-state index contributed by atoms with van der Waals surface area (Å²) in [5.74, 6) is 0. The van der Waals surface area contributed by atoms with Gasteiger partial charge >= 0.3 is 0 Å². The van der Waals surface area contributed by atoms with Crippen LogP contribution in [0, 0.1) is 0 Å². The molecule has 2 nitrogen and oxygen atoms in total. The maximum atomic E-state index is 4.44. The van der Waals surface area contributed by atoms with Crippen molar-refractivity contribution >= 4 is 10.8 Å². The second kappa shape index (κ2) is 3.63. The molecule has 1 heterocycles. The lowest BCUT2D eigenvalue weighted by molar-refractivity contribution is 0.675. The summed E-state index contributed by atoms with van der Waals surface area (Å²) in [4.78, 5) is 4.44. The summed E-state index contributed by atoms with van der Waals surface area (Å²) >= 11 is 0. The van der Waals surface area contributed by atoms with E-state index >= 15 is 0 Å². The molecule has 3 rings (SSSR count). The Balaban J connectivity index is 1.84. The van der Waals surface area contributed by atoms with Gasteiger partial charge in [-0.25, -0.2) is 0 Å². The highest BCUT2D eigenvalue weighted by Crippen LogP contribution is 2.19. The normalized spacial score (nSPS) is 15.7. The van der Waals surface area contributed by atoms with Gasteiger partial charge in [0.15, 0.2) is 0 Å². The van der Waals surface area contributed by atoms with Crippen molar-refractivity contribution in [1.29, 1.82) is 0 Å². The van der Waals surface area contributed by atoms with Crippen LogP contribution in [0.3, 0.4) is 0 Å². The Kier molecular flexibility index (Phi) is 2.14. The van der Waals surface area contributed by atoms with Gasteiger partial charge in [0.1, 0.15) is 0 Å². The van der Waals surface area contributed by atoms with Crippen molar-refractivity contribution in [2.24, 2.45) is 0 Å². The van der Waals surface area contributed by atoms with Crippen molar-refractivity contribution < 1.29 is 0 Å².